The van der Waals surface area contributed by atoms with E-state index < -0.39 is 5.54 Å². The van der Waals surface area contributed by atoms with Crippen molar-refractivity contribution in [3.8, 4) is 0 Å². The van der Waals surface area contributed by atoms with Crippen molar-refractivity contribution in [3.63, 3.8) is 0 Å². The Bertz CT molecular complexity index is 661. The molecule has 26 heavy (non-hydrogen) atoms. The van der Waals surface area contributed by atoms with Crippen LogP contribution in [0.5, 0.6) is 0 Å². The topological polar surface area (TPSA) is 87.3 Å². The third-order valence-electron chi connectivity index (χ3n) is 4.72. The molecule has 1 aliphatic rings. The van der Waals surface area contributed by atoms with E-state index in [0.717, 1.165) is 37.7 Å². The normalized spacial score (nSPS) is 15.6. The molecule has 6 nitrogen and oxygen atoms in total. The maximum absolute atomic E-state index is 12.4. The Kier molecular flexibility index (Phi) is 6.95. The molecule has 0 atom stereocenters. The molecule has 0 spiro atoms. The van der Waals surface area contributed by atoms with Gasteiger partial charge in [-0.3, -0.25) is 14.4 Å². The minimum atomic E-state index is -0.456. The van der Waals surface area contributed by atoms with Crippen molar-refractivity contribution in [2.45, 2.75) is 44.6 Å². The lowest BCUT2D eigenvalue weighted by Gasteiger charge is -2.38. The highest BCUT2D eigenvalue weighted by Crippen LogP contribution is 2.27. The summed E-state index contributed by atoms with van der Waals surface area (Å²) >= 11 is 0. The van der Waals surface area contributed by atoms with Gasteiger partial charge in [-0.05, 0) is 38.0 Å². The van der Waals surface area contributed by atoms with Crippen molar-refractivity contribution in [2.75, 3.05) is 13.1 Å². The molecule has 1 aromatic carbocycles. The number of rotatable bonds is 7. The molecule has 2 rings (SSSR count). The average Bonchev–Trinajstić information content (AvgIpc) is 2.65. The van der Waals surface area contributed by atoms with Gasteiger partial charge in [0.05, 0.1) is 12.1 Å². The Morgan fingerprint density at radius 1 is 1.08 bits per heavy atom. The number of hydrogen-bond acceptors (Lipinski definition) is 3. The summed E-state index contributed by atoms with van der Waals surface area (Å²) < 4.78 is 0. The van der Waals surface area contributed by atoms with Crippen molar-refractivity contribution >= 4 is 17.7 Å². The van der Waals surface area contributed by atoms with E-state index in [0.29, 0.717) is 12.1 Å². The number of aryl methyl sites for hydroxylation is 1. The molecule has 1 aliphatic carbocycles. The fourth-order valence-corrected chi connectivity index (χ4v) is 3.21. The van der Waals surface area contributed by atoms with Crippen LogP contribution in [-0.4, -0.2) is 36.3 Å². The lowest BCUT2D eigenvalue weighted by molar-refractivity contribution is -0.123. The zero-order chi connectivity index (χ0) is 19.0. The van der Waals surface area contributed by atoms with E-state index in [4.69, 9.17) is 0 Å². The second kappa shape index (κ2) is 9.17. The highest BCUT2D eigenvalue weighted by molar-refractivity contribution is 5.96. The molecular weight excluding hydrogens is 330 g/mol. The number of benzene rings is 1. The van der Waals surface area contributed by atoms with Gasteiger partial charge < -0.3 is 16.0 Å². The Hall–Kier alpha value is -2.63. The first-order chi connectivity index (χ1) is 12.4. The summed E-state index contributed by atoms with van der Waals surface area (Å²) in [6.45, 7) is 5.67. The monoisotopic (exact) mass is 357 g/mol. The summed E-state index contributed by atoms with van der Waals surface area (Å²) in [7, 11) is 0. The van der Waals surface area contributed by atoms with Gasteiger partial charge in [0.25, 0.3) is 5.91 Å². The molecule has 1 saturated carbocycles. The first kappa shape index (κ1) is 19.7. The molecule has 0 saturated heterocycles. The predicted molar refractivity (Wildman–Crippen MR) is 101 cm³/mol. The van der Waals surface area contributed by atoms with E-state index in [1.807, 2.05) is 19.1 Å². The van der Waals surface area contributed by atoms with E-state index >= 15 is 0 Å². The number of hydrogen-bond donors (Lipinski definition) is 3. The number of carbonyl (C=O) groups excluding carboxylic acids is 3. The van der Waals surface area contributed by atoms with Gasteiger partial charge in [0.15, 0.2) is 0 Å². The fraction of sp³-hybridized carbons (Fsp3) is 0.450. The van der Waals surface area contributed by atoms with E-state index in [2.05, 4.69) is 22.5 Å². The van der Waals surface area contributed by atoms with E-state index in [1.54, 1.807) is 12.1 Å². The van der Waals surface area contributed by atoms with Crippen LogP contribution < -0.4 is 16.0 Å². The maximum atomic E-state index is 12.4. The fourth-order valence-electron chi connectivity index (χ4n) is 3.21. The predicted octanol–water partition coefficient (Wildman–Crippen LogP) is 1.85. The van der Waals surface area contributed by atoms with Crippen molar-refractivity contribution in [1.29, 1.82) is 0 Å². The first-order valence-electron chi connectivity index (χ1n) is 9.00. The second-order valence-corrected chi connectivity index (χ2v) is 6.86. The number of carbonyl (C=O) groups is 3. The molecule has 6 heteroatoms. The second-order valence-electron chi connectivity index (χ2n) is 6.86. The summed E-state index contributed by atoms with van der Waals surface area (Å²) in [5, 5.41) is 8.46. The molecular formula is C20H27N3O3. The quantitative estimate of drug-likeness (QED) is 0.651. The Labute approximate surface area is 154 Å². The maximum Gasteiger partial charge on any atom is 0.251 e. The lowest BCUT2D eigenvalue weighted by Crippen LogP contribution is -2.58. The lowest BCUT2D eigenvalue weighted by atomic mass is 9.81. The van der Waals surface area contributed by atoms with Crippen molar-refractivity contribution in [2.24, 2.45) is 0 Å². The Morgan fingerprint density at radius 3 is 2.35 bits per heavy atom. The molecule has 0 heterocycles. The van der Waals surface area contributed by atoms with Crippen LogP contribution in [0.2, 0.25) is 0 Å². The van der Waals surface area contributed by atoms with Crippen LogP contribution in [-0.2, 0) is 9.59 Å². The average molecular weight is 357 g/mol. The Morgan fingerprint density at radius 2 is 1.73 bits per heavy atom. The third kappa shape index (κ3) is 5.72. The molecule has 140 valence electrons. The van der Waals surface area contributed by atoms with Gasteiger partial charge in [-0.2, -0.15) is 0 Å². The van der Waals surface area contributed by atoms with Crippen LogP contribution in [0.4, 0.5) is 0 Å². The molecule has 1 aromatic rings. The zero-order valence-corrected chi connectivity index (χ0v) is 15.3. The van der Waals surface area contributed by atoms with Gasteiger partial charge in [0, 0.05) is 12.1 Å². The largest absolute Gasteiger partial charge is 0.350 e. The molecule has 0 radical (unpaired) electrons. The standard InChI is InChI=1S/C20H27N3O3/c1-3-17(24)22-14-20(11-5-4-6-12-20)23-18(25)13-21-19(26)16-9-7-15(2)8-10-16/h3,7-10H,1,4-6,11-14H2,2H3,(H,21,26)(H,22,24)(H,23,25). The van der Waals surface area contributed by atoms with E-state index in [9.17, 15) is 14.4 Å². The highest BCUT2D eigenvalue weighted by Gasteiger charge is 2.33. The van der Waals surface area contributed by atoms with Crippen LogP contribution >= 0.6 is 0 Å². The number of nitrogens with one attached hydrogen (secondary N) is 3. The smallest absolute Gasteiger partial charge is 0.251 e. The van der Waals surface area contributed by atoms with Crippen LogP contribution in [0.25, 0.3) is 0 Å². The van der Waals surface area contributed by atoms with Gasteiger partial charge in [-0.1, -0.05) is 43.5 Å². The van der Waals surface area contributed by atoms with Gasteiger partial charge >= 0.3 is 0 Å². The number of amides is 3. The molecule has 0 bridgehead atoms. The van der Waals surface area contributed by atoms with Crippen LogP contribution in [0.1, 0.15) is 48.0 Å². The minimum Gasteiger partial charge on any atom is -0.350 e. The molecule has 0 unspecified atom stereocenters. The summed E-state index contributed by atoms with van der Waals surface area (Å²) in [6.07, 6.45) is 5.96. The summed E-state index contributed by atoms with van der Waals surface area (Å²) in [5.74, 6) is -0.783. The summed E-state index contributed by atoms with van der Waals surface area (Å²) in [5.41, 5.74) is 1.14. The molecule has 3 amide bonds. The van der Waals surface area contributed by atoms with Gasteiger partial charge in [-0.25, -0.2) is 0 Å². The van der Waals surface area contributed by atoms with Crippen LogP contribution in [0.3, 0.4) is 0 Å². The molecule has 1 fully saturated rings. The van der Waals surface area contributed by atoms with Crippen LogP contribution in [0.15, 0.2) is 36.9 Å². The van der Waals surface area contributed by atoms with Crippen molar-refractivity contribution in [3.05, 3.63) is 48.0 Å². The minimum absolute atomic E-state index is 0.0934. The van der Waals surface area contributed by atoms with Gasteiger partial charge in [0.2, 0.25) is 11.8 Å². The SMILES string of the molecule is C=CC(=O)NCC1(NC(=O)CNC(=O)c2ccc(C)cc2)CCCCC1. The molecule has 0 aliphatic heterocycles. The van der Waals surface area contributed by atoms with Crippen molar-refractivity contribution in [1.82, 2.24) is 16.0 Å². The summed E-state index contributed by atoms with van der Waals surface area (Å²) in [4.78, 5) is 36.0. The molecule has 3 N–H and O–H groups in total. The first-order valence-corrected chi connectivity index (χ1v) is 9.00. The van der Waals surface area contributed by atoms with E-state index in [-0.39, 0.29) is 24.3 Å². The Balaban J connectivity index is 1.89. The van der Waals surface area contributed by atoms with Crippen LogP contribution in [0, 0.1) is 6.92 Å². The molecule has 0 aromatic heterocycles. The summed E-state index contributed by atoms with van der Waals surface area (Å²) in [6, 6.07) is 7.18. The third-order valence-corrected chi connectivity index (χ3v) is 4.72. The highest BCUT2D eigenvalue weighted by atomic mass is 16.2. The van der Waals surface area contributed by atoms with Crippen molar-refractivity contribution < 1.29 is 14.4 Å². The van der Waals surface area contributed by atoms with Gasteiger partial charge in [0.1, 0.15) is 0 Å². The van der Waals surface area contributed by atoms with Gasteiger partial charge in [-0.15, -0.1) is 0 Å². The zero-order valence-electron chi connectivity index (χ0n) is 15.3. The van der Waals surface area contributed by atoms with E-state index in [1.165, 1.54) is 6.08 Å².